The van der Waals surface area contributed by atoms with E-state index in [1.54, 1.807) is 4.90 Å². The maximum Gasteiger partial charge on any atom is 0.328 e. The molecular formula is C15H26N2O3. The number of likely N-dealkylation sites (tertiary alicyclic amines) is 1. The van der Waals surface area contributed by atoms with E-state index in [0.29, 0.717) is 18.9 Å². The second kappa shape index (κ2) is 6.12. The lowest BCUT2D eigenvalue weighted by molar-refractivity contribution is -0.157. The Kier molecular flexibility index (Phi) is 4.68. The van der Waals surface area contributed by atoms with Gasteiger partial charge >= 0.3 is 5.97 Å². The number of methoxy groups -OCH3 is 1. The van der Waals surface area contributed by atoms with E-state index < -0.39 is 11.6 Å². The normalized spacial score (nSPS) is 34.6. The number of nitrogens with zero attached hydrogens (tertiary/aromatic N) is 1. The number of nitrogens with two attached hydrogens (primary N) is 1. The molecule has 2 rings (SSSR count). The molecule has 1 aliphatic heterocycles. The Balaban J connectivity index is 2.14. The quantitative estimate of drug-likeness (QED) is 0.778. The van der Waals surface area contributed by atoms with Crippen molar-refractivity contribution in [2.75, 3.05) is 13.7 Å². The average Bonchev–Trinajstić information content (AvgIpc) is 2.45. The molecule has 2 fully saturated rings. The summed E-state index contributed by atoms with van der Waals surface area (Å²) >= 11 is 0. The van der Waals surface area contributed by atoms with Gasteiger partial charge in [-0.3, -0.25) is 4.79 Å². The third-order valence-electron chi connectivity index (χ3n) is 4.70. The molecule has 1 saturated carbocycles. The molecule has 1 aliphatic carbocycles. The van der Waals surface area contributed by atoms with Crippen molar-refractivity contribution in [2.24, 2.45) is 11.7 Å². The molecule has 0 aromatic carbocycles. The fourth-order valence-electron chi connectivity index (χ4n) is 3.63. The highest BCUT2D eigenvalue weighted by atomic mass is 16.5. The summed E-state index contributed by atoms with van der Waals surface area (Å²) < 4.78 is 4.84. The van der Waals surface area contributed by atoms with Crippen LogP contribution in [-0.4, -0.2) is 42.0 Å². The Hall–Kier alpha value is -1.10. The molecule has 5 nitrogen and oxygen atoms in total. The Morgan fingerprint density at radius 2 is 2.00 bits per heavy atom. The van der Waals surface area contributed by atoms with E-state index in [2.05, 4.69) is 6.92 Å². The highest BCUT2D eigenvalue weighted by Crippen LogP contribution is 2.33. The summed E-state index contributed by atoms with van der Waals surface area (Å²) in [6.07, 6.45) is 6.13. The van der Waals surface area contributed by atoms with Crippen LogP contribution in [-0.2, 0) is 14.3 Å². The van der Waals surface area contributed by atoms with Crippen LogP contribution in [0.25, 0.3) is 0 Å². The molecule has 0 aromatic rings. The van der Waals surface area contributed by atoms with Crippen LogP contribution < -0.4 is 5.73 Å². The van der Waals surface area contributed by atoms with E-state index in [1.165, 1.54) is 7.11 Å². The Labute approximate surface area is 120 Å². The Morgan fingerprint density at radius 3 is 2.65 bits per heavy atom. The van der Waals surface area contributed by atoms with Crippen LogP contribution in [0.15, 0.2) is 0 Å². The molecule has 0 spiro atoms. The summed E-state index contributed by atoms with van der Waals surface area (Å²) in [5.41, 5.74) is 5.59. The van der Waals surface area contributed by atoms with Crippen molar-refractivity contribution >= 4 is 11.9 Å². The van der Waals surface area contributed by atoms with E-state index in [9.17, 15) is 9.59 Å². The SMILES string of the molecule is COC(=O)C1CCCCN1C(=O)C1(N)CCCC(C)C1. The van der Waals surface area contributed by atoms with E-state index in [1.807, 2.05) is 0 Å². The third kappa shape index (κ3) is 2.97. The Morgan fingerprint density at radius 1 is 1.25 bits per heavy atom. The number of carbonyl (C=O) groups is 2. The van der Waals surface area contributed by atoms with Crippen LogP contribution >= 0.6 is 0 Å². The number of hydrogen-bond acceptors (Lipinski definition) is 4. The third-order valence-corrected chi connectivity index (χ3v) is 4.70. The van der Waals surface area contributed by atoms with E-state index in [-0.39, 0.29) is 11.9 Å². The molecule has 1 heterocycles. The summed E-state index contributed by atoms with van der Waals surface area (Å²) in [4.78, 5) is 26.4. The lowest BCUT2D eigenvalue weighted by atomic mass is 9.76. The van der Waals surface area contributed by atoms with Crippen LogP contribution in [0, 0.1) is 5.92 Å². The van der Waals surface area contributed by atoms with Crippen molar-refractivity contribution in [3.63, 3.8) is 0 Å². The number of amides is 1. The van der Waals surface area contributed by atoms with Gasteiger partial charge in [-0.15, -0.1) is 0 Å². The highest BCUT2D eigenvalue weighted by molar-refractivity contribution is 5.90. The summed E-state index contributed by atoms with van der Waals surface area (Å²) in [7, 11) is 1.38. The van der Waals surface area contributed by atoms with E-state index in [0.717, 1.165) is 38.5 Å². The minimum Gasteiger partial charge on any atom is -0.467 e. The number of carbonyl (C=O) groups excluding carboxylic acids is 2. The maximum atomic E-state index is 12.8. The molecule has 0 bridgehead atoms. The van der Waals surface area contributed by atoms with Gasteiger partial charge in [0.15, 0.2) is 0 Å². The van der Waals surface area contributed by atoms with Gasteiger partial charge in [-0.05, 0) is 38.0 Å². The first-order valence-electron chi connectivity index (χ1n) is 7.66. The molecular weight excluding hydrogens is 256 g/mol. The first-order valence-corrected chi connectivity index (χ1v) is 7.66. The van der Waals surface area contributed by atoms with Crippen molar-refractivity contribution in [3.8, 4) is 0 Å². The summed E-state index contributed by atoms with van der Waals surface area (Å²) in [6, 6.07) is -0.445. The van der Waals surface area contributed by atoms with Crippen molar-refractivity contribution < 1.29 is 14.3 Å². The highest BCUT2D eigenvalue weighted by Gasteiger charge is 2.44. The molecule has 5 heteroatoms. The summed E-state index contributed by atoms with van der Waals surface area (Å²) in [5, 5.41) is 0. The first-order chi connectivity index (χ1) is 9.48. The van der Waals surface area contributed by atoms with Gasteiger partial charge in [-0.25, -0.2) is 4.79 Å². The van der Waals surface area contributed by atoms with Crippen molar-refractivity contribution in [3.05, 3.63) is 0 Å². The topological polar surface area (TPSA) is 72.6 Å². The minimum atomic E-state index is -0.790. The van der Waals surface area contributed by atoms with Crippen LogP contribution in [0.1, 0.15) is 51.9 Å². The fourth-order valence-corrected chi connectivity index (χ4v) is 3.63. The van der Waals surface area contributed by atoms with Crippen LogP contribution in [0.2, 0.25) is 0 Å². The number of ether oxygens (including phenoxy) is 1. The maximum absolute atomic E-state index is 12.8. The molecule has 114 valence electrons. The van der Waals surface area contributed by atoms with E-state index >= 15 is 0 Å². The predicted molar refractivity (Wildman–Crippen MR) is 75.9 cm³/mol. The monoisotopic (exact) mass is 282 g/mol. The van der Waals surface area contributed by atoms with Gasteiger partial charge in [0.2, 0.25) is 5.91 Å². The van der Waals surface area contributed by atoms with Crippen LogP contribution in [0.5, 0.6) is 0 Å². The van der Waals surface area contributed by atoms with Gasteiger partial charge in [-0.2, -0.15) is 0 Å². The molecule has 3 atom stereocenters. The number of piperidine rings is 1. The molecule has 1 saturated heterocycles. The standard InChI is InChI=1S/C15H26N2O3/c1-11-6-5-8-15(16,10-11)14(19)17-9-4-3-7-12(17)13(18)20-2/h11-12H,3-10,16H2,1-2H3. The van der Waals surface area contributed by atoms with Crippen LogP contribution in [0.3, 0.4) is 0 Å². The lowest BCUT2D eigenvalue weighted by Gasteiger charge is -2.42. The molecule has 0 radical (unpaired) electrons. The number of esters is 1. The smallest absolute Gasteiger partial charge is 0.328 e. The van der Waals surface area contributed by atoms with Crippen LogP contribution in [0.4, 0.5) is 0 Å². The van der Waals surface area contributed by atoms with E-state index in [4.69, 9.17) is 10.5 Å². The fraction of sp³-hybridized carbons (Fsp3) is 0.867. The first kappa shape index (κ1) is 15.3. The van der Waals surface area contributed by atoms with Gasteiger partial charge < -0.3 is 15.4 Å². The largest absolute Gasteiger partial charge is 0.467 e. The summed E-state index contributed by atoms with van der Waals surface area (Å²) in [6.45, 7) is 2.76. The number of hydrogen-bond donors (Lipinski definition) is 1. The molecule has 3 unspecified atom stereocenters. The van der Waals surface area contributed by atoms with Crippen molar-refractivity contribution in [1.29, 1.82) is 0 Å². The van der Waals surface area contributed by atoms with Gasteiger partial charge in [0.1, 0.15) is 6.04 Å². The summed E-state index contributed by atoms with van der Waals surface area (Å²) in [5.74, 6) is 0.101. The predicted octanol–water partition coefficient (Wildman–Crippen LogP) is 1.45. The zero-order valence-electron chi connectivity index (χ0n) is 12.6. The second-order valence-corrected chi connectivity index (χ2v) is 6.39. The van der Waals surface area contributed by atoms with Gasteiger partial charge in [0.25, 0.3) is 0 Å². The lowest BCUT2D eigenvalue weighted by Crippen LogP contribution is -2.61. The zero-order chi connectivity index (χ0) is 14.8. The molecule has 1 amide bonds. The molecule has 2 N–H and O–H groups in total. The van der Waals surface area contributed by atoms with Crippen molar-refractivity contribution in [1.82, 2.24) is 4.90 Å². The van der Waals surface area contributed by atoms with Gasteiger partial charge in [0, 0.05) is 6.54 Å². The second-order valence-electron chi connectivity index (χ2n) is 6.39. The Bertz CT molecular complexity index is 385. The van der Waals surface area contributed by atoms with Gasteiger partial charge in [0.05, 0.1) is 12.6 Å². The average molecular weight is 282 g/mol. The molecule has 2 aliphatic rings. The molecule has 0 aromatic heterocycles. The van der Waals surface area contributed by atoms with Crippen molar-refractivity contribution in [2.45, 2.75) is 63.5 Å². The zero-order valence-corrected chi connectivity index (χ0v) is 12.6. The molecule has 20 heavy (non-hydrogen) atoms. The minimum absolute atomic E-state index is 0.0563. The van der Waals surface area contributed by atoms with Gasteiger partial charge in [-0.1, -0.05) is 19.8 Å². The number of rotatable bonds is 2.